The largest absolute Gasteiger partial charge is 0.481 e. The Kier molecular flexibility index (Phi) is 3.64. The summed E-state index contributed by atoms with van der Waals surface area (Å²) in [6.45, 7) is 4.89. The summed E-state index contributed by atoms with van der Waals surface area (Å²) >= 11 is 0. The van der Waals surface area contributed by atoms with Crippen LogP contribution in [0.3, 0.4) is 0 Å². The molecule has 1 aliphatic rings. The third-order valence-corrected chi connectivity index (χ3v) is 4.52. The van der Waals surface area contributed by atoms with Gasteiger partial charge in [-0.3, -0.25) is 9.59 Å². The number of H-pyrrole nitrogens is 1. The Morgan fingerprint density at radius 1 is 1.32 bits per heavy atom. The van der Waals surface area contributed by atoms with Crippen LogP contribution in [-0.4, -0.2) is 40.0 Å². The summed E-state index contributed by atoms with van der Waals surface area (Å²) in [6, 6.07) is 7.90. The van der Waals surface area contributed by atoms with E-state index in [-0.39, 0.29) is 17.7 Å². The van der Waals surface area contributed by atoms with Gasteiger partial charge in [0.05, 0.1) is 5.92 Å². The highest BCUT2D eigenvalue weighted by Crippen LogP contribution is 2.25. The van der Waals surface area contributed by atoms with Crippen LogP contribution in [0.1, 0.15) is 29.4 Å². The second-order valence-corrected chi connectivity index (χ2v) is 6.24. The van der Waals surface area contributed by atoms with Crippen LogP contribution in [0.25, 0.3) is 10.9 Å². The molecule has 1 amide bonds. The first kappa shape index (κ1) is 14.6. The zero-order valence-electron chi connectivity index (χ0n) is 12.8. The van der Waals surface area contributed by atoms with Crippen molar-refractivity contribution in [2.75, 3.05) is 13.1 Å². The van der Waals surface area contributed by atoms with Gasteiger partial charge in [-0.2, -0.15) is 0 Å². The van der Waals surface area contributed by atoms with Gasteiger partial charge in [-0.1, -0.05) is 19.1 Å². The summed E-state index contributed by atoms with van der Waals surface area (Å²) in [4.78, 5) is 28.7. The third-order valence-electron chi connectivity index (χ3n) is 4.52. The van der Waals surface area contributed by atoms with Gasteiger partial charge in [-0.15, -0.1) is 0 Å². The smallest absolute Gasteiger partial charge is 0.306 e. The quantitative estimate of drug-likeness (QED) is 0.895. The van der Waals surface area contributed by atoms with Gasteiger partial charge in [0.15, 0.2) is 0 Å². The molecule has 1 aromatic heterocycles. The lowest BCUT2D eigenvalue weighted by atomic mass is 9.87. The number of aryl methyl sites for hydroxylation is 1. The minimum absolute atomic E-state index is 0.0261. The number of piperidine rings is 1. The van der Waals surface area contributed by atoms with Crippen molar-refractivity contribution in [2.45, 2.75) is 20.3 Å². The Labute approximate surface area is 128 Å². The maximum absolute atomic E-state index is 12.6. The number of nitrogens with zero attached hydrogens (tertiary/aromatic N) is 1. The first-order valence-corrected chi connectivity index (χ1v) is 7.57. The van der Waals surface area contributed by atoms with Crippen molar-refractivity contribution in [1.82, 2.24) is 9.88 Å². The number of carboxylic acid groups (broad SMARTS) is 1. The number of nitrogens with one attached hydrogen (secondary N) is 1. The monoisotopic (exact) mass is 300 g/mol. The van der Waals surface area contributed by atoms with E-state index in [1.54, 1.807) is 4.90 Å². The molecule has 5 nitrogen and oxygen atoms in total. The number of fused-ring (bicyclic) bond motifs is 1. The molecule has 0 aliphatic carbocycles. The standard InChI is InChI=1S/C17H20N2O3/c1-10-3-4-12-8-15(18-14(12)7-10)16(20)19-6-5-13(17(21)22)11(2)9-19/h3-4,7-8,11,13,18H,5-6,9H2,1-2H3,(H,21,22). The van der Waals surface area contributed by atoms with Gasteiger partial charge < -0.3 is 15.0 Å². The SMILES string of the molecule is Cc1ccc2cc(C(=O)N3CCC(C(=O)O)C(C)C3)[nH]c2c1. The lowest BCUT2D eigenvalue weighted by Crippen LogP contribution is -2.45. The zero-order chi connectivity index (χ0) is 15.9. The van der Waals surface area contributed by atoms with E-state index in [2.05, 4.69) is 4.98 Å². The van der Waals surface area contributed by atoms with Crippen LogP contribution in [-0.2, 0) is 4.79 Å². The number of carbonyl (C=O) groups is 2. The second kappa shape index (κ2) is 5.48. The minimum atomic E-state index is -0.763. The van der Waals surface area contributed by atoms with Gasteiger partial charge >= 0.3 is 5.97 Å². The average molecular weight is 300 g/mol. The highest BCUT2D eigenvalue weighted by molar-refractivity contribution is 5.98. The van der Waals surface area contributed by atoms with Gasteiger partial charge in [-0.05, 0) is 37.0 Å². The Morgan fingerprint density at radius 2 is 2.09 bits per heavy atom. The summed E-state index contributed by atoms with van der Waals surface area (Å²) in [7, 11) is 0. The molecular weight excluding hydrogens is 280 g/mol. The normalized spacial score (nSPS) is 22.0. The second-order valence-electron chi connectivity index (χ2n) is 6.24. The zero-order valence-corrected chi connectivity index (χ0v) is 12.8. The number of carbonyl (C=O) groups excluding carboxylic acids is 1. The molecule has 22 heavy (non-hydrogen) atoms. The molecule has 0 saturated carbocycles. The van der Waals surface area contributed by atoms with Gasteiger partial charge in [-0.25, -0.2) is 0 Å². The highest BCUT2D eigenvalue weighted by atomic mass is 16.4. The molecule has 0 radical (unpaired) electrons. The van der Waals surface area contributed by atoms with Crippen molar-refractivity contribution in [3.63, 3.8) is 0 Å². The predicted molar refractivity (Wildman–Crippen MR) is 83.8 cm³/mol. The van der Waals surface area contributed by atoms with Crippen LogP contribution >= 0.6 is 0 Å². The summed E-state index contributed by atoms with van der Waals surface area (Å²) in [6.07, 6.45) is 0.515. The molecule has 2 aromatic rings. The van der Waals surface area contributed by atoms with E-state index in [0.29, 0.717) is 25.2 Å². The van der Waals surface area contributed by atoms with E-state index in [9.17, 15) is 9.59 Å². The first-order chi connectivity index (χ1) is 10.5. The minimum Gasteiger partial charge on any atom is -0.481 e. The lowest BCUT2D eigenvalue weighted by Gasteiger charge is -2.34. The third kappa shape index (κ3) is 2.58. The molecule has 116 valence electrons. The molecule has 2 unspecified atom stereocenters. The number of carboxylic acids is 1. The summed E-state index contributed by atoms with van der Waals surface area (Å²) < 4.78 is 0. The van der Waals surface area contributed by atoms with Crippen LogP contribution in [0.5, 0.6) is 0 Å². The van der Waals surface area contributed by atoms with Gasteiger partial charge in [0, 0.05) is 24.0 Å². The number of benzene rings is 1. The van der Waals surface area contributed by atoms with Crippen LogP contribution in [0.2, 0.25) is 0 Å². The maximum Gasteiger partial charge on any atom is 0.306 e. The maximum atomic E-state index is 12.6. The van der Waals surface area contributed by atoms with Crippen molar-refractivity contribution in [2.24, 2.45) is 11.8 Å². The fraction of sp³-hybridized carbons (Fsp3) is 0.412. The van der Waals surface area contributed by atoms with Crippen LogP contribution in [0.4, 0.5) is 0 Å². The van der Waals surface area contributed by atoms with Crippen molar-refractivity contribution in [3.05, 3.63) is 35.5 Å². The molecule has 1 saturated heterocycles. The Balaban J connectivity index is 1.80. The predicted octanol–water partition coefficient (Wildman–Crippen LogP) is 2.66. The van der Waals surface area contributed by atoms with Crippen molar-refractivity contribution in [1.29, 1.82) is 0 Å². The number of amides is 1. The first-order valence-electron chi connectivity index (χ1n) is 7.57. The fourth-order valence-corrected chi connectivity index (χ4v) is 3.22. The van der Waals surface area contributed by atoms with Crippen LogP contribution < -0.4 is 0 Å². The van der Waals surface area contributed by atoms with E-state index in [4.69, 9.17) is 5.11 Å². The van der Waals surface area contributed by atoms with Crippen molar-refractivity contribution in [3.8, 4) is 0 Å². The Bertz CT molecular complexity index is 735. The van der Waals surface area contributed by atoms with Crippen LogP contribution in [0, 0.1) is 18.8 Å². The van der Waals surface area contributed by atoms with Crippen LogP contribution in [0.15, 0.2) is 24.3 Å². The summed E-state index contributed by atoms with van der Waals surface area (Å²) in [5, 5.41) is 10.2. The highest BCUT2D eigenvalue weighted by Gasteiger charge is 2.33. The number of aliphatic carboxylic acids is 1. The molecule has 1 aromatic carbocycles. The number of likely N-dealkylation sites (tertiary alicyclic amines) is 1. The molecule has 2 atom stereocenters. The van der Waals surface area contributed by atoms with Gasteiger partial charge in [0.1, 0.15) is 5.69 Å². The van der Waals surface area contributed by atoms with E-state index in [1.165, 1.54) is 0 Å². The molecular formula is C17H20N2O3. The number of hydrogen-bond donors (Lipinski definition) is 2. The number of rotatable bonds is 2. The van der Waals surface area contributed by atoms with E-state index in [0.717, 1.165) is 16.5 Å². The van der Waals surface area contributed by atoms with E-state index >= 15 is 0 Å². The molecule has 2 N–H and O–H groups in total. The van der Waals surface area contributed by atoms with Crippen molar-refractivity contribution < 1.29 is 14.7 Å². The van der Waals surface area contributed by atoms with Gasteiger partial charge in [0.25, 0.3) is 5.91 Å². The molecule has 1 fully saturated rings. The average Bonchev–Trinajstić information content (AvgIpc) is 2.88. The number of hydrogen-bond acceptors (Lipinski definition) is 2. The molecule has 2 heterocycles. The fourth-order valence-electron chi connectivity index (χ4n) is 3.22. The number of aromatic nitrogens is 1. The van der Waals surface area contributed by atoms with Gasteiger partial charge in [0.2, 0.25) is 0 Å². The summed E-state index contributed by atoms with van der Waals surface area (Å²) in [5.41, 5.74) is 2.67. The molecule has 3 rings (SSSR count). The van der Waals surface area contributed by atoms with E-state index in [1.807, 2.05) is 38.1 Å². The van der Waals surface area contributed by atoms with E-state index < -0.39 is 5.97 Å². The lowest BCUT2D eigenvalue weighted by molar-refractivity contribution is -0.145. The number of aromatic amines is 1. The Morgan fingerprint density at radius 3 is 2.77 bits per heavy atom. The molecule has 1 aliphatic heterocycles. The molecule has 0 spiro atoms. The Hall–Kier alpha value is -2.30. The summed E-state index contributed by atoms with van der Waals surface area (Å²) in [5.74, 6) is -1.19. The van der Waals surface area contributed by atoms with Crippen molar-refractivity contribution >= 4 is 22.8 Å². The molecule has 5 heteroatoms. The molecule has 0 bridgehead atoms. The topological polar surface area (TPSA) is 73.4 Å².